The first-order valence-corrected chi connectivity index (χ1v) is 9.06. The topological polar surface area (TPSA) is 19.4 Å². The highest BCUT2D eigenvalue weighted by molar-refractivity contribution is 5.58. The predicted octanol–water partition coefficient (Wildman–Crippen LogP) is 5.53. The SMILES string of the molecule is C=C(C)C1=C(C)C(C)(C)C(C)(C)C2N1C=CN2c1ccc(C)nc1C. The molecule has 3 heteroatoms. The minimum absolute atomic E-state index is 0.0386. The van der Waals surface area contributed by atoms with Crippen LogP contribution < -0.4 is 4.90 Å². The van der Waals surface area contributed by atoms with Crippen molar-refractivity contribution in [2.24, 2.45) is 10.8 Å². The third-order valence-electron chi connectivity index (χ3n) is 6.60. The Balaban J connectivity index is 2.19. The maximum Gasteiger partial charge on any atom is 0.116 e. The van der Waals surface area contributed by atoms with Gasteiger partial charge in [0.1, 0.15) is 6.17 Å². The third-order valence-corrected chi connectivity index (χ3v) is 6.60. The molecule has 0 N–H and O–H groups in total. The Labute approximate surface area is 152 Å². The van der Waals surface area contributed by atoms with Crippen LogP contribution in [0.2, 0.25) is 0 Å². The van der Waals surface area contributed by atoms with E-state index >= 15 is 0 Å². The summed E-state index contributed by atoms with van der Waals surface area (Å²) in [7, 11) is 0. The van der Waals surface area contributed by atoms with Gasteiger partial charge < -0.3 is 9.80 Å². The molecule has 1 unspecified atom stereocenters. The van der Waals surface area contributed by atoms with E-state index in [9.17, 15) is 0 Å². The maximum absolute atomic E-state index is 4.69. The fourth-order valence-corrected chi connectivity index (χ4v) is 4.33. The van der Waals surface area contributed by atoms with Crippen LogP contribution in [0.3, 0.4) is 0 Å². The number of aryl methyl sites for hydroxylation is 2. The quantitative estimate of drug-likeness (QED) is 0.707. The summed E-state index contributed by atoms with van der Waals surface area (Å²) in [5.41, 5.74) is 7.20. The summed E-state index contributed by atoms with van der Waals surface area (Å²) in [5, 5.41) is 0. The van der Waals surface area contributed by atoms with Crippen LogP contribution >= 0.6 is 0 Å². The van der Waals surface area contributed by atoms with E-state index in [1.165, 1.54) is 17.0 Å². The molecular formula is C22H31N3. The molecule has 3 rings (SSSR count). The Morgan fingerprint density at radius 1 is 1.04 bits per heavy atom. The first kappa shape index (κ1) is 17.8. The fraction of sp³-hybridized carbons (Fsp3) is 0.500. The second-order valence-electron chi connectivity index (χ2n) is 8.64. The molecule has 0 bridgehead atoms. The van der Waals surface area contributed by atoms with E-state index in [0.29, 0.717) is 0 Å². The van der Waals surface area contributed by atoms with Crippen LogP contribution in [0.1, 0.15) is 52.9 Å². The summed E-state index contributed by atoms with van der Waals surface area (Å²) in [6.07, 6.45) is 4.61. The standard InChI is InChI=1S/C22H31N3/c1-14(2)19-16(4)21(6,7)22(8,9)20-24(12-13-25(19)20)18-11-10-15(3)23-17(18)5/h10-13,20H,1H2,2-9H3. The van der Waals surface area contributed by atoms with E-state index in [-0.39, 0.29) is 17.0 Å². The molecule has 0 fully saturated rings. The Morgan fingerprint density at radius 2 is 1.64 bits per heavy atom. The van der Waals surface area contributed by atoms with Crippen molar-refractivity contribution < 1.29 is 0 Å². The number of fused-ring (bicyclic) bond motifs is 1. The molecular weight excluding hydrogens is 306 g/mol. The van der Waals surface area contributed by atoms with Crippen molar-refractivity contribution in [1.29, 1.82) is 0 Å². The van der Waals surface area contributed by atoms with Gasteiger partial charge in [-0.2, -0.15) is 0 Å². The van der Waals surface area contributed by atoms with Crippen molar-refractivity contribution in [3.8, 4) is 0 Å². The molecule has 3 heterocycles. The summed E-state index contributed by atoms with van der Waals surface area (Å²) in [5.74, 6) is 0. The highest BCUT2D eigenvalue weighted by Crippen LogP contribution is 2.57. The largest absolute Gasteiger partial charge is 0.325 e. The van der Waals surface area contributed by atoms with Crippen molar-refractivity contribution in [2.45, 2.75) is 61.6 Å². The molecule has 0 saturated carbocycles. The molecule has 2 aliphatic rings. The third kappa shape index (κ3) is 2.36. The molecule has 0 saturated heterocycles. The molecule has 0 spiro atoms. The summed E-state index contributed by atoms with van der Waals surface area (Å²) in [4.78, 5) is 9.48. The molecule has 1 atom stereocenters. The second-order valence-corrected chi connectivity index (χ2v) is 8.64. The van der Waals surface area contributed by atoms with Gasteiger partial charge in [0.25, 0.3) is 0 Å². The zero-order chi connectivity index (χ0) is 18.7. The first-order valence-electron chi connectivity index (χ1n) is 9.06. The Hall–Kier alpha value is -2.03. The zero-order valence-electron chi connectivity index (χ0n) is 16.9. The Bertz CT molecular complexity index is 795. The number of hydrogen-bond donors (Lipinski definition) is 0. The smallest absolute Gasteiger partial charge is 0.116 e. The minimum Gasteiger partial charge on any atom is -0.325 e. The van der Waals surface area contributed by atoms with Gasteiger partial charge in [0.05, 0.1) is 11.4 Å². The van der Waals surface area contributed by atoms with Gasteiger partial charge in [0.15, 0.2) is 0 Å². The van der Waals surface area contributed by atoms with Gasteiger partial charge in [-0.3, -0.25) is 4.98 Å². The van der Waals surface area contributed by atoms with Crippen molar-refractivity contribution in [2.75, 3.05) is 4.90 Å². The molecule has 1 aromatic heterocycles. The predicted molar refractivity (Wildman–Crippen MR) is 106 cm³/mol. The van der Waals surface area contributed by atoms with Crippen LogP contribution in [-0.2, 0) is 0 Å². The van der Waals surface area contributed by atoms with Crippen molar-refractivity contribution in [3.63, 3.8) is 0 Å². The molecule has 134 valence electrons. The van der Waals surface area contributed by atoms with Crippen LogP contribution in [0.25, 0.3) is 0 Å². The number of nitrogens with zero attached hydrogens (tertiary/aromatic N) is 3. The van der Waals surface area contributed by atoms with Gasteiger partial charge in [-0.1, -0.05) is 34.3 Å². The normalized spacial score (nSPS) is 23.9. The first-order chi connectivity index (χ1) is 11.5. The van der Waals surface area contributed by atoms with Gasteiger partial charge in [-0.15, -0.1) is 0 Å². The highest BCUT2D eigenvalue weighted by atomic mass is 15.4. The van der Waals surface area contributed by atoms with E-state index in [4.69, 9.17) is 0 Å². The summed E-state index contributed by atoms with van der Waals surface area (Å²) < 4.78 is 0. The number of pyridine rings is 1. The van der Waals surface area contributed by atoms with Crippen LogP contribution in [-0.4, -0.2) is 16.0 Å². The van der Waals surface area contributed by atoms with Gasteiger partial charge in [0.2, 0.25) is 0 Å². The lowest BCUT2D eigenvalue weighted by molar-refractivity contribution is 0.0380. The molecule has 2 aliphatic heterocycles. The van der Waals surface area contributed by atoms with Gasteiger partial charge in [-0.05, 0) is 56.4 Å². The van der Waals surface area contributed by atoms with Crippen LogP contribution in [0.5, 0.6) is 0 Å². The summed E-state index contributed by atoms with van der Waals surface area (Å²) in [6, 6.07) is 4.29. The number of hydrogen-bond acceptors (Lipinski definition) is 3. The van der Waals surface area contributed by atoms with E-state index in [1.54, 1.807) is 0 Å². The Morgan fingerprint density at radius 3 is 2.20 bits per heavy atom. The molecule has 1 aromatic rings. The fourth-order valence-electron chi connectivity index (χ4n) is 4.33. The molecule has 3 nitrogen and oxygen atoms in total. The minimum atomic E-state index is 0.0386. The average molecular weight is 338 g/mol. The van der Waals surface area contributed by atoms with E-state index in [1.807, 2.05) is 6.92 Å². The zero-order valence-corrected chi connectivity index (χ0v) is 16.9. The Kier molecular flexibility index (Phi) is 3.90. The number of anilines is 1. The summed E-state index contributed by atoms with van der Waals surface area (Å²) >= 11 is 0. The monoisotopic (exact) mass is 337 g/mol. The van der Waals surface area contributed by atoms with Crippen molar-refractivity contribution >= 4 is 5.69 Å². The molecule has 25 heavy (non-hydrogen) atoms. The number of aromatic nitrogens is 1. The maximum atomic E-state index is 4.69. The molecule has 0 amide bonds. The molecule has 0 aliphatic carbocycles. The lowest BCUT2D eigenvalue weighted by atomic mass is 9.59. The van der Waals surface area contributed by atoms with Crippen molar-refractivity contribution in [1.82, 2.24) is 9.88 Å². The number of allylic oxidation sites excluding steroid dienone is 2. The van der Waals surface area contributed by atoms with E-state index < -0.39 is 0 Å². The molecule has 0 radical (unpaired) electrons. The van der Waals surface area contributed by atoms with Gasteiger partial charge in [-0.25, -0.2) is 0 Å². The van der Waals surface area contributed by atoms with Crippen molar-refractivity contribution in [3.05, 3.63) is 59.3 Å². The average Bonchev–Trinajstić information content (AvgIpc) is 2.90. The summed E-state index contributed by atoms with van der Waals surface area (Å²) in [6.45, 7) is 22.3. The van der Waals surface area contributed by atoms with Crippen LogP contribution in [0, 0.1) is 24.7 Å². The van der Waals surface area contributed by atoms with Crippen LogP contribution in [0.15, 0.2) is 48.0 Å². The second kappa shape index (κ2) is 5.48. The van der Waals surface area contributed by atoms with Crippen LogP contribution in [0.4, 0.5) is 5.69 Å². The molecule has 0 aromatic carbocycles. The van der Waals surface area contributed by atoms with Gasteiger partial charge >= 0.3 is 0 Å². The van der Waals surface area contributed by atoms with Gasteiger partial charge in [0, 0.05) is 29.2 Å². The highest BCUT2D eigenvalue weighted by Gasteiger charge is 2.55. The lowest BCUT2D eigenvalue weighted by Crippen LogP contribution is -2.59. The number of rotatable bonds is 2. The lowest BCUT2D eigenvalue weighted by Gasteiger charge is -2.57. The van der Waals surface area contributed by atoms with E-state index in [0.717, 1.165) is 17.0 Å². The van der Waals surface area contributed by atoms with E-state index in [2.05, 4.69) is 94.4 Å².